The van der Waals surface area contributed by atoms with Crippen LogP contribution >= 0.6 is 0 Å². The van der Waals surface area contributed by atoms with Crippen LogP contribution in [-0.2, 0) is 22.4 Å². The second-order valence-corrected chi connectivity index (χ2v) is 8.59. The van der Waals surface area contributed by atoms with Crippen LogP contribution in [0.3, 0.4) is 0 Å². The number of ether oxygens (including phenoxy) is 1. The van der Waals surface area contributed by atoms with Crippen molar-refractivity contribution in [1.29, 1.82) is 0 Å². The largest absolute Gasteiger partial charge is 0.497 e. The minimum absolute atomic E-state index is 0.0568. The maximum Gasteiger partial charge on any atom is 0.228 e. The average molecular weight is 458 g/mol. The number of carbonyl (C=O) groups is 2. The minimum Gasteiger partial charge on any atom is -0.497 e. The molecule has 1 saturated heterocycles. The third-order valence-electron chi connectivity index (χ3n) is 6.28. The Bertz CT molecular complexity index is 1120. The van der Waals surface area contributed by atoms with Gasteiger partial charge in [0.2, 0.25) is 11.8 Å². The van der Waals surface area contributed by atoms with E-state index >= 15 is 0 Å². The maximum absolute atomic E-state index is 12.7. The van der Waals surface area contributed by atoms with Crippen molar-refractivity contribution >= 4 is 23.2 Å². The molecule has 0 radical (unpaired) electrons. The molecule has 0 bridgehead atoms. The van der Waals surface area contributed by atoms with Gasteiger partial charge >= 0.3 is 0 Å². The van der Waals surface area contributed by atoms with Gasteiger partial charge in [-0.15, -0.1) is 0 Å². The van der Waals surface area contributed by atoms with Gasteiger partial charge in [-0.3, -0.25) is 9.59 Å². The van der Waals surface area contributed by atoms with E-state index in [4.69, 9.17) is 4.74 Å². The molecule has 4 rings (SSSR count). The summed E-state index contributed by atoms with van der Waals surface area (Å²) in [6, 6.07) is 23.5. The minimum atomic E-state index is -0.0568. The summed E-state index contributed by atoms with van der Waals surface area (Å²) in [5.74, 6) is 0.902. The number of methoxy groups -OCH3 is 1. The highest BCUT2D eigenvalue weighted by atomic mass is 16.5. The van der Waals surface area contributed by atoms with Gasteiger partial charge in [0.15, 0.2) is 0 Å². The van der Waals surface area contributed by atoms with Gasteiger partial charge in [-0.2, -0.15) is 0 Å². The second kappa shape index (κ2) is 10.9. The van der Waals surface area contributed by atoms with Crippen LogP contribution < -0.4 is 15.0 Å². The van der Waals surface area contributed by atoms with Crippen LogP contribution in [0.1, 0.15) is 16.7 Å². The Hall–Kier alpha value is -3.80. The molecule has 3 aromatic carbocycles. The Balaban J connectivity index is 1.26. The van der Waals surface area contributed by atoms with E-state index in [9.17, 15) is 9.59 Å². The van der Waals surface area contributed by atoms with Crippen LogP contribution in [0, 0.1) is 6.92 Å². The van der Waals surface area contributed by atoms with E-state index in [-0.39, 0.29) is 11.8 Å². The van der Waals surface area contributed by atoms with Crippen molar-refractivity contribution in [3.05, 3.63) is 89.5 Å². The summed E-state index contributed by atoms with van der Waals surface area (Å²) in [4.78, 5) is 29.4. The molecule has 1 heterocycles. The number of amides is 2. The number of piperazine rings is 1. The summed E-state index contributed by atoms with van der Waals surface area (Å²) >= 11 is 0. The van der Waals surface area contributed by atoms with Crippen LogP contribution in [0.5, 0.6) is 5.75 Å². The quantitative estimate of drug-likeness (QED) is 0.581. The van der Waals surface area contributed by atoms with E-state index in [1.54, 1.807) is 7.11 Å². The van der Waals surface area contributed by atoms with Crippen LogP contribution in [0.25, 0.3) is 0 Å². The van der Waals surface area contributed by atoms with Gasteiger partial charge in [0.1, 0.15) is 5.75 Å². The molecular weight excluding hydrogens is 426 g/mol. The number of nitrogens with one attached hydrogen (secondary N) is 1. The molecule has 0 aromatic heterocycles. The second-order valence-electron chi connectivity index (χ2n) is 8.59. The lowest BCUT2D eigenvalue weighted by Crippen LogP contribution is -2.49. The molecule has 6 nitrogen and oxygen atoms in total. The number of anilines is 2. The summed E-state index contributed by atoms with van der Waals surface area (Å²) in [7, 11) is 1.62. The lowest BCUT2D eigenvalue weighted by molar-refractivity contribution is -0.130. The van der Waals surface area contributed by atoms with Crippen molar-refractivity contribution in [1.82, 2.24) is 4.90 Å². The number of nitrogens with zero attached hydrogens (tertiary/aromatic N) is 2. The maximum atomic E-state index is 12.7. The fourth-order valence-electron chi connectivity index (χ4n) is 4.19. The first kappa shape index (κ1) is 23.4. The van der Waals surface area contributed by atoms with E-state index in [1.165, 1.54) is 0 Å². The molecule has 3 aromatic rings. The van der Waals surface area contributed by atoms with Crippen molar-refractivity contribution in [3.63, 3.8) is 0 Å². The highest BCUT2D eigenvalue weighted by Gasteiger charge is 2.21. The third kappa shape index (κ3) is 5.95. The monoisotopic (exact) mass is 457 g/mol. The van der Waals surface area contributed by atoms with Crippen LogP contribution in [0.4, 0.5) is 11.4 Å². The van der Waals surface area contributed by atoms with Gasteiger partial charge in [0.05, 0.1) is 20.0 Å². The molecule has 1 N–H and O–H groups in total. The highest BCUT2D eigenvalue weighted by molar-refractivity contribution is 5.92. The average Bonchev–Trinajstić information content (AvgIpc) is 2.86. The third-order valence-corrected chi connectivity index (χ3v) is 6.28. The molecule has 0 aliphatic carbocycles. The zero-order valence-corrected chi connectivity index (χ0v) is 19.8. The molecule has 2 amide bonds. The van der Waals surface area contributed by atoms with E-state index in [2.05, 4.69) is 10.2 Å². The molecule has 1 aliphatic heterocycles. The normalized spacial score (nSPS) is 13.5. The van der Waals surface area contributed by atoms with E-state index < -0.39 is 0 Å². The standard InChI is InChI=1S/C28H31N3O3/c1-21-5-3-4-6-23(21)20-28(33)31-17-15-30(16-18-31)25-11-9-24(10-12-25)29-27(32)19-22-7-13-26(34-2)14-8-22/h3-14H,15-20H2,1-2H3,(H,29,32). The molecule has 0 atom stereocenters. The summed E-state index contributed by atoms with van der Waals surface area (Å²) in [5, 5.41) is 2.96. The summed E-state index contributed by atoms with van der Waals surface area (Å²) in [5.41, 5.74) is 5.06. The Morgan fingerprint density at radius 2 is 1.53 bits per heavy atom. The van der Waals surface area contributed by atoms with Crippen LogP contribution in [-0.4, -0.2) is 50.0 Å². The molecular formula is C28H31N3O3. The zero-order valence-electron chi connectivity index (χ0n) is 19.8. The Morgan fingerprint density at radius 1 is 0.853 bits per heavy atom. The van der Waals surface area contributed by atoms with Crippen LogP contribution in [0.15, 0.2) is 72.8 Å². The molecule has 0 saturated carbocycles. The van der Waals surface area contributed by atoms with Gasteiger partial charge in [-0.1, -0.05) is 36.4 Å². The highest BCUT2D eigenvalue weighted by Crippen LogP contribution is 2.21. The number of rotatable bonds is 7. The van der Waals surface area contributed by atoms with E-state index in [1.807, 2.05) is 84.6 Å². The molecule has 34 heavy (non-hydrogen) atoms. The molecule has 1 fully saturated rings. The van der Waals surface area contributed by atoms with Gasteiger partial charge < -0.3 is 19.9 Å². The lowest BCUT2D eigenvalue weighted by atomic mass is 10.1. The van der Waals surface area contributed by atoms with Crippen molar-refractivity contribution in [2.45, 2.75) is 19.8 Å². The van der Waals surface area contributed by atoms with E-state index in [0.29, 0.717) is 25.9 Å². The first-order valence-corrected chi connectivity index (χ1v) is 11.6. The van der Waals surface area contributed by atoms with Crippen molar-refractivity contribution in [2.75, 3.05) is 43.5 Å². The first-order valence-electron chi connectivity index (χ1n) is 11.6. The molecule has 0 spiro atoms. The Morgan fingerprint density at radius 3 is 2.18 bits per heavy atom. The predicted molar refractivity (Wildman–Crippen MR) is 135 cm³/mol. The van der Waals surface area contributed by atoms with Crippen molar-refractivity contribution in [2.24, 2.45) is 0 Å². The van der Waals surface area contributed by atoms with E-state index in [0.717, 1.165) is 46.9 Å². The van der Waals surface area contributed by atoms with Gasteiger partial charge in [0, 0.05) is 37.6 Å². The molecule has 1 aliphatic rings. The smallest absolute Gasteiger partial charge is 0.228 e. The van der Waals surface area contributed by atoms with Crippen molar-refractivity contribution in [3.8, 4) is 5.75 Å². The lowest BCUT2D eigenvalue weighted by Gasteiger charge is -2.36. The van der Waals surface area contributed by atoms with Crippen molar-refractivity contribution < 1.29 is 14.3 Å². The molecule has 176 valence electrons. The topological polar surface area (TPSA) is 61.9 Å². The molecule has 6 heteroatoms. The summed E-state index contributed by atoms with van der Waals surface area (Å²) < 4.78 is 5.15. The van der Waals surface area contributed by atoms with Gasteiger partial charge in [-0.05, 0) is 60.0 Å². The number of hydrogen-bond acceptors (Lipinski definition) is 4. The predicted octanol–water partition coefficient (Wildman–Crippen LogP) is 4.08. The fourth-order valence-corrected chi connectivity index (χ4v) is 4.19. The zero-order chi connectivity index (χ0) is 23.9. The summed E-state index contributed by atoms with van der Waals surface area (Å²) in [6.45, 7) is 5.06. The summed E-state index contributed by atoms with van der Waals surface area (Å²) in [6.07, 6.45) is 0.766. The SMILES string of the molecule is COc1ccc(CC(=O)Nc2ccc(N3CCN(C(=O)Cc4ccccc4C)CC3)cc2)cc1. The number of benzene rings is 3. The van der Waals surface area contributed by atoms with Gasteiger partial charge in [0.25, 0.3) is 0 Å². The van der Waals surface area contributed by atoms with Crippen LogP contribution in [0.2, 0.25) is 0 Å². The number of carbonyl (C=O) groups excluding carboxylic acids is 2. The number of aryl methyl sites for hydroxylation is 1. The number of hydrogen-bond donors (Lipinski definition) is 1. The van der Waals surface area contributed by atoms with Gasteiger partial charge in [-0.25, -0.2) is 0 Å². The fraction of sp³-hybridized carbons (Fsp3) is 0.286. The first-order chi connectivity index (χ1) is 16.5. The molecule has 0 unspecified atom stereocenters. The Kier molecular flexibility index (Phi) is 7.48. The Labute approximate surface area is 201 Å².